The molecular weight excluding hydrogens is 319 g/mol. The van der Waals surface area contributed by atoms with Crippen molar-refractivity contribution < 1.29 is 18.8 Å². The van der Waals surface area contributed by atoms with Crippen LogP contribution in [0.2, 0.25) is 0 Å². The van der Waals surface area contributed by atoms with Crippen LogP contribution in [0.15, 0.2) is 30.7 Å². The molecule has 0 bridgehead atoms. The summed E-state index contributed by atoms with van der Waals surface area (Å²) in [5.74, 6) is 1.55. The van der Waals surface area contributed by atoms with E-state index in [1.807, 2.05) is 56.7 Å². The Hall–Kier alpha value is -1.99. The van der Waals surface area contributed by atoms with Gasteiger partial charge < -0.3 is 23.3 Å². The lowest BCUT2D eigenvalue weighted by molar-refractivity contribution is 0.00578. The van der Waals surface area contributed by atoms with Crippen molar-refractivity contribution in [3.05, 3.63) is 36.3 Å². The summed E-state index contributed by atoms with van der Waals surface area (Å²) < 4.78 is 24.8. The maximum Gasteiger partial charge on any atom is 0.516 e. The number of rotatable bonds is 5. The van der Waals surface area contributed by atoms with E-state index >= 15 is 0 Å². The smallest absolute Gasteiger partial charge is 0.497 e. The van der Waals surface area contributed by atoms with Gasteiger partial charge in [-0.3, -0.25) is 0 Å². The lowest BCUT2D eigenvalue weighted by Gasteiger charge is -2.32. The van der Waals surface area contributed by atoms with Gasteiger partial charge in [0, 0.05) is 17.8 Å². The Morgan fingerprint density at radius 2 is 1.76 bits per heavy atom. The molecule has 134 valence electrons. The van der Waals surface area contributed by atoms with Crippen LogP contribution in [0.4, 0.5) is 0 Å². The van der Waals surface area contributed by atoms with Crippen molar-refractivity contribution in [2.45, 2.75) is 45.4 Å². The first-order valence-electron chi connectivity index (χ1n) is 8.34. The molecule has 7 heteroatoms. The fourth-order valence-corrected chi connectivity index (χ4v) is 2.73. The third-order valence-corrected chi connectivity index (χ3v) is 5.00. The van der Waals surface area contributed by atoms with E-state index in [1.165, 1.54) is 0 Å². The highest BCUT2D eigenvalue weighted by atomic mass is 16.7. The highest BCUT2D eigenvalue weighted by molar-refractivity contribution is 6.61. The first kappa shape index (κ1) is 17.8. The van der Waals surface area contributed by atoms with Crippen molar-refractivity contribution in [2.24, 2.45) is 0 Å². The highest BCUT2D eigenvalue weighted by Crippen LogP contribution is 2.36. The van der Waals surface area contributed by atoms with Crippen LogP contribution in [0, 0.1) is 0 Å². The Morgan fingerprint density at radius 1 is 1.08 bits per heavy atom. The first-order chi connectivity index (χ1) is 11.8. The number of imidazole rings is 1. The van der Waals surface area contributed by atoms with Crippen LogP contribution in [0.1, 0.15) is 33.3 Å². The lowest BCUT2D eigenvalue weighted by Crippen LogP contribution is -2.41. The first-order valence-corrected chi connectivity index (χ1v) is 8.34. The van der Waals surface area contributed by atoms with Crippen LogP contribution < -0.4 is 15.1 Å². The SMILES string of the molecule is COc1ccc(Cn2cnc(B3OC(C)(C)C(C)(C)O3)c2)c(OC)c1. The quantitative estimate of drug-likeness (QED) is 0.779. The van der Waals surface area contributed by atoms with E-state index in [2.05, 4.69) is 4.98 Å². The van der Waals surface area contributed by atoms with Crippen molar-refractivity contribution in [3.63, 3.8) is 0 Å². The zero-order valence-corrected chi connectivity index (χ0v) is 15.7. The summed E-state index contributed by atoms with van der Waals surface area (Å²) in [6, 6.07) is 5.79. The third kappa shape index (κ3) is 3.39. The van der Waals surface area contributed by atoms with Crippen molar-refractivity contribution in [3.8, 4) is 11.5 Å². The normalized spacial score (nSPS) is 18.4. The van der Waals surface area contributed by atoms with E-state index in [-0.39, 0.29) is 11.2 Å². The molecule has 0 atom stereocenters. The van der Waals surface area contributed by atoms with Crippen LogP contribution in [-0.4, -0.2) is 42.1 Å². The molecule has 0 unspecified atom stereocenters. The van der Waals surface area contributed by atoms with E-state index in [9.17, 15) is 0 Å². The molecule has 1 fully saturated rings. The predicted molar refractivity (Wildman–Crippen MR) is 96.6 cm³/mol. The molecule has 3 rings (SSSR count). The number of hydrogen-bond donors (Lipinski definition) is 0. The molecule has 0 amide bonds. The summed E-state index contributed by atoms with van der Waals surface area (Å²) >= 11 is 0. The molecule has 25 heavy (non-hydrogen) atoms. The number of aromatic nitrogens is 2. The van der Waals surface area contributed by atoms with E-state index in [0.717, 1.165) is 22.7 Å². The van der Waals surface area contributed by atoms with Gasteiger partial charge in [0.15, 0.2) is 0 Å². The Kier molecular flexibility index (Phi) is 4.55. The molecule has 0 aliphatic carbocycles. The van der Waals surface area contributed by atoms with Crippen LogP contribution in [-0.2, 0) is 15.9 Å². The van der Waals surface area contributed by atoms with Gasteiger partial charge in [-0.2, -0.15) is 0 Å². The van der Waals surface area contributed by atoms with Gasteiger partial charge in [0.2, 0.25) is 0 Å². The van der Waals surface area contributed by atoms with Gasteiger partial charge in [-0.25, -0.2) is 4.98 Å². The molecule has 0 spiro atoms. The molecule has 2 aromatic rings. The molecule has 2 heterocycles. The molecule has 0 radical (unpaired) electrons. The minimum Gasteiger partial charge on any atom is -0.497 e. The van der Waals surface area contributed by atoms with Crippen LogP contribution in [0.25, 0.3) is 0 Å². The maximum absolute atomic E-state index is 6.05. The van der Waals surface area contributed by atoms with E-state index in [1.54, 1.807) is 20.5 Å². The largest absolute Gasteiger partial charge is 0.516 e. The summed E-state index contributed by atoms with van der Waals surface area (Å²) in [6.07, 6.45) is 3.73. The molecule has 1 aliphatic rings. The maximum atomic E-state index is 6.05. The van der Waals surface area contributed by atoms with Gasteiger partial charge in [0.1, 0.15) is 11.5 Å². The molecule has 1 aromatic heterocycles. The van der Waals surface area contributed by atoms with E-state index in [4.69, 9.17) is 18.8 Å². The fraction of sp³-hybridized carbons (Fsp3) is 0.500. The van der Waals surface area contributed by atoms with Gasteiger partial charge in [-0.15, -0.1) is 0 Å². The van der Waals surface area contributed by atoms with Crippen molar-refractivity contribution >= 4 is 12.7 Å². The molecule has 6 nitrogen and oxygen atoms in total. The Balaban J connectivity index is 1.77. The van der Waals surface area contributed by atoms with Gasteiger partial charge >= 0.3 is 7.12 Å². The number of nitrogens with zero attached hydrogens (tertiary/aromatic N) is 2. The van der Waals surface area contributed by atoms with Crippen LogP contribution in [0.3, 0.4) is 0 Å². The molecule has 0 saturated carbocycles. The van der Waals surface area contributed by atoms with Gasteiger partial charge in [-0.05, 0) is 39.8 Å². The second-order valence-corrected chi connectivity index (χ2v) is 7.24. The molecule has 0 N–H and O–H groups in total. The standard InChI is InChI=1S/C18H25BN2O4/c1-17(2)18(3,4)25-19(24-17)16-11-21(12-20-16)10-13-7-8-14(22-5)9-15(13)23-6/h7-9,11-12H,10H2,1-6H3. The van der Waals surface area contributed by atoms with Gasteiger partial charge in [0.25, 0.3) is 0 Å². The fourth-order valence-electron chi connectivity index (χ4n) is 2.73. The minimum absolute atomic E-state index is 0.374. The summed E-state index contributed by atoms with van der Waals surface area (Å²) in [6.45, 7) is 8.77. The summed E-state index contributed by atoms with van der Waals surface area (Å²) in [4.78, 5) is 4.46. The van der Waals surface area contributed by atoms with Crippen molar-refractivity contribution in [1.29, 1.82) is 0 Å². The zero-order valence-electron chi connectivity index (χ0n) is 15.7. The average Bonchev–Trinajstić information content (AvgIpc) is 3.10. The summed E-state index contributed by atoms with van der Waals surface area (Å²) in [5, 5.41) is 0. The zero-order chi connectivity index (χ0) is 18.2. The van der Waals surface area contributed by atoms with Crippen LogP contribution >= 0.6 is 0 Å². The number of ether oxygens (including phenoxy) is 2. The molecule has 1 aliphatic heterocycles. The second-order valence-electron chi connectivity index (χ2n) is 7.24. The lowest BCUT2D eigenvalue weighted by atomic mass is 9.86. The Labute approximate surface area is 149 Å². The second kappa shape index (κ2) is 6.39. The van der Waals surface area contributed by atoms with Crippen molar-refractivity contribution in [1.82, 2.24) is 9.55 Å². The van der Waals surface area contributed by atoms with Gasteiger partial charge in [0.05, 0.1) is 43.9 Å². The Bertz CT molecular complexity index is 741. The molecule has 1 aromatic carbocycles. The summed E-state index contributed by atoms with van der Waals surface area (Å²) in [7, 11) is 2.84. The topological polar surface area (TPSA) is 54.7 Å². The highest BCUT2D eigenvalue weighted by Gasteiger charge is 2.52. The average molecular weight is 344 g/mol. The van der Waals surface area contributed by atoms with Gasteiger partial charge in [-0.1, -0.05) is 0 Å². The summed E-state index contributed by atoms with van der Waals surface area (Å²) in [5.41, 5.74) is 1.06. The minimum atomic E-state index is -0.455. The van der Waals surface area contributed by atoms with Crippen molar-refractivity contribution in [2.75, 3.05) is 14.2 Å². The Morgan fingerprint density at radius 3 is 2.36 bits per heavy atom. The van der Waals surface area contributed by atoms with E-state index < -0.39 is 7.12 Å². The molecule has 1 saturated heterocycles. The number of benzene rings is 1. The number of methoxy groups -OCH3 is 2. The van der Waals surface area contributed by atoms with E-state index in [0.29, 0.717) is 6.54 Å². The molecular formula is C18H25BN2O4. The third-order valence-electron chi connectivity index (χ3n) is 5.00. The monoisotopic (exact) mass is 344 g/mol. The van der Waals surface area contributed by atoms with Crippen LogP contribution in [0.5, 0.6) is 11.5 Å². The predicted octanol–water partition coefficient (Wildman–Crippen LogP) is 2.25. The number of hydrogen-bond acceptors (Lipinski definition) is 5.